The number of anilines is 2. The first-order valence-electron chi connectivity index (χ1n) is 11.0. The molecule has 1 aromatic carbocycles. The van der Waals surface area contributed by atoms with Gasteiger partial charge in [-0.15, -0.1) is 0 Å². The topological polar surface area (TPSA) is 145 Å². The number of unbranched alkanes of at least 4 members (excludes halogenated alkanes) is 1. The predicted molar refractivity (Wildman–Crippen MR) is 132 cm³/mol. The summed E-state index contributed by atoms with van der Waals surface area (Å²) in [6, 6.07) is 6.13. The molecule has 0 aliphatic carbocycles. The van der Waals surface area contributed by atoms with Crippen molar-refractivity contribution in [1.29, 1.82) is 0 Å². The van der Waals surface area contributed by atoms with Crippen molar-refractivity contribution < 1.29 is 29.7 Å². The third-order valence-corrected chi connectivity index (χ3v) is 5.35. The monoisotopic (exact) mass is 504 g/mol. The molecule has 2 heterocycles. The average Bonchev–Trinajstić information content (AvgIpc) is 3.08. The molecule has 0 atom stereocenters. The number of hydrogen-bond donors (Lipinski definition) is 4. The Bertz CT molecular complexity index is 1080. The zero-order valence-corrected chi connectivity index (χ0v) is 20.1. The van der Waals surface area contributed by atoms with Gasteiger partial charge in [0.25, 0.3) is 0 Å². The lowest BCUT2D eigenvalue weighted by Gasteiger charge is -2.26. The van der Waals surface area contributed by atoms with Crippen LogP contribution in [0.4, 0.5) is 11.5 Å². The highest BCUT2D eigenvalue weighted by Crippen LogP contribution is 2.37. The van der Waals surface area contributed by atoms with E-state index in [0.29, 0.717) is 18.7 Å². The van der Waals surface area contributed by atoms with E-state index in [2.05, 4.69) is 21.4 Å². The Hall–Kier alpha value is -3.63. The lowest BCUT2D eigenvalue weighted by molar-refractivity contribution is -0.134. The molecule has 10 nitrogen and oxygen atoms in total. The second kappa shape index (κ2) is 13.9. The summed E-state index contributed by atoms with van der Waals surface area (Å²) in [4.78, 5) is 31.9. The summed E-state index contributed by atoms with van der Waals surface area (Å²) in [5, 5.41) is 32.6. The minimum absolute atomic E-state index is 0.558. The molecule has 11 heteroatoms. The number of aromatic nitrogens is 2. The zero-order chi connectivity index (χ0) is 25.8. The van der Waals surface area contributed by atoms with Crippen molar-refractivity contribution in [1.82, 2.24) is 15.1 Å². The normalized spacial score (nSPS) is 12.6. The number of halogens is 1. The second-order valence-electron chi connectivity index (χ2n) is 7.70. The standard InChI is InChI=1S/C20H25ClN4O2.C4H4O4/c1-24-20-16(14-23-24)7-6-15-8-9-17(21)13-18(15)25(20)12-3-2-10-22-11-4-5-19(26)27;5-3(6)1-2-4(7)8/h4-5,8-9,13-14,22H,2-3,6-7,10-12H2,1H3,(H,26,27);1-2H,(H,5,6)(H,7,8)/b5-4+;2-1-. The van der Waals surface area contributed by atoms with Crippen LogP contribution in [0.3, 0.4) is 0 Å². The molecular formula is C24H29ClN4O6. The van der Waals surface area contributed by atoms with E-state index in [1.165, 1.54) is 16.8 Å². The van der Waals surface area contributed by atoms with Crippen LogP contribution in [0.25, 0.3) is 0 Å². The van der Waals surface area contributed by atoms with Crippen LogP contribution in [0.15, 0.2) is 48.7 Å². The molecule has 0 saturated carbocycles. The fraction of sp³-hybridized carbons (Fsp3) is 0.333. The highest BCUT2D eigenvalue weighted by molar-refractivity contribution is 6.30. The molecule has 35 heavy (non-hydrogen) atoms. The lowest BCUT2D eigenvalue weighted by Crippen LogP contribution is -2.23. The van der Waals surface area contributed by atoms with Gasteiger partial charge in [-0.05, 0) is 49.9 Å². The first-order valence-corrected chi connectivity index (χ1v) is 11.4. The highest BCUT2D eigenvalue weighted by atomic mass is 35.5. The van der Waals surface area contributed by atoms with Crippen LogP contribution in [0, 0.1) is 0 Å². The number of benzene rings is 1. The number of nitrogens with one attached hydrogen (secondary N) is 1. The maximum Gasteiger partial charge on any atom is 0.328 e. The molecule has 4 N–H and O–H groups in total. The van der Waals surface area contributed by atoms with Crippen LogP contribution in [-0.4, -0.2) is 62.6 Å². The van der Waals surface area contributed by atoms with Gasteiger partial charge in [-0.1, -0.05) is 23.7 Å². The molecule has 0 bridgehead atoms. The Labute approximate surface area is 208 Å². The first kappa shape index (κ1) is 27.6. The van der Waals surface area contributed by atoms with Gasteiger partial charge in [-0.25, -0.2) is 14.4 Å². The number of carboxylic acid groups (broad SMARTS) is 3. The van der Waals surface area contributed by atoms with E-state index in [-0.39, 0.29) is 0 Å². The molecular weight excluding hydrogens is 476 g/mol. The van der Waals surface area contributed by atoms with Gasteiger partial charge in [0, 0.05) is 54.6 Å². The zero-order valence-electron chi connectivity index (χ0n) is 19.4. The summed E-state index contributed by atoms with van der Waals surface area (Å²) < 4.78 is 1.94. The van der Waals surface area contributed by atoms with Gasteiger partial charge in [-0.3, -0.25) is 4.68 Å². The molecule has 0 fully saturated rings. The van der Waals surface area contributed by atoms with Crippen LogP contribution < -0.4 is 10.2 Å². The number of aryl methyl sites for hydroxylation is 3. The van der Waals surface area contributed by atoms with Crippen molar-refractivity contribution in [2.24, 2.45) is 7.05 Å². The maximum absolute atomic E-state index is 10.4. The fourth-order valence-corrected chi connectivity index (χ4v) is 3.78. The van der Waals surface area contributed by atoms with Gasteiger partial charge >= 0.3 is 17.9 Å². The van der Waals surface area contributed by atoms with Crippen LogP contribution in [-0.2, 0) is 34.3 Å². The minimum Gasteiger partial charge on any atom is -0.478 e. The number of rotatable bonds is 10. The Balaban J connectivity index is 0.000000466. The number of hydrogen-bond acceptors (Lipinski definition) is 6. The molecule has 3 rings (SSSR count). The largest absolute Gasteiger partial charge is 0.478 e. The summed E-state index contributed by atoms with van der Waals surface area (Å²) in [5.41, 5.74) is 3.75. The van der Waals surface area contributed by atoms with Crippen molar-refractivity contribution in [2.45, 2.75) is 25.7 Å². The van der Waals surface area contributed by atoms with Crippen LogP contribution in [0.5, 0.6) is 0 Å². The lowest BCUT2D eigenvalue weighted by atomic mass is 10.1. The molecule has 1 aromatic heterocycles. The average molecular weight is 505 g/mol. The van der Waals surface area contributed by atoms with Crippen molar-refractivity contribution in [3.63, 3.8) is 0 Å². The minimum atomic E-state index is -1.26. The van der Waals surface area contributed by atoms with E-state index in [1.807, 2.05) is 30.1 Å². The van der Waals surface area contributed by atoms with E-state index in [0.717, 1.165) is 55.7 Å². The third-order valence-electron chi connectivity index (χ3n) is 5.11. The Kier molecular flexibility index (Phi) is 11.0. The molecule has 2 aromatic rings. The molecule has 0 radical (unpaired) electrons. The Morgan fingerprint density at radius 3 is 2.34 bits per heavy atom. The SMILES string of the molecule is Cn1ncc2c1N(CCCCNC/C=C/C(=O)O)c1cc(Cl)ccc1CC2.O=C(O)/C=C\C(=O)O. The van der Waals surface area contributed by atoms with Crippen molar-refractivity contribution in [3.8, 4) is 0 Å². The summed E-state index contributed by atoms with van der Waals surface area (Å²) in [6.07, 6.45) is 9.83. The van der Waals surface area contributed by atoms with Gasteiger partial charge in [0.1, 0.15) is 5.82 Å². The predicted octanol–water partition coefficient (Wildman–Crippen LogP) is 3.03. The molecule has 188 valence electrons. The van der Waals surface area contributed by atoms with Crippen LogP contribution >= 0.6 is 11.6 Å². The number of nitrogens with zero attached hydrogens (tertiary/aromatic N) is 3. The summed E-state index contributed by atoms with van der Waals surface area (Å²) in [5.74, 6) is -2.28. The maximum atomic E-state index is 10.4. The molecule has 1 aliphatic heterocycles. The smallest absolute Gasteiger partial charge is 0.328 e. The van der Waals surface area contributed by atoms with Crippen molar-refractivity contribution >= 4 is 41.0 Å². The van der Waals surface area contributed by atoms with Crippen LogP contribution in [0.2, 0.25) is 5.02 Å². The highest BCUT2D eigenvalue weighted by Gasteiger charge is 2.23. The van der Waals surface area contributed by atoms with E-state index in [1.54, 1.807) is 6.08 Å². The summed E-state index contributed by atoms with van der Waals surface area (Å²) in [7, 11) is 1.98. The first-order chi connectivity index (χ1) is 16.7. The van der Waals surface area contributed by atoms with Crippen molar-refractivity contribution in [2.75, 3.05) is 24.5 Å². The van der Waals surface area contributed by atoms with Crippen LogP contribution in [0.1, 0.15) is 24.0 Å². The summed E-state index contributed by atoms with van der Waals surface area (Å²) >= 11 is 6.28. The van der Waals surface area contributed by atoms with Gasteiger partial charge in [0.05, 0.1) is 6.20 Å². The van der Waals surface area contributed by atoms with E-state index in [9.17, 15) is 14.4 Å². The number of carbonyl (C=O) groups is 3. The van der Waals surface area contributed by atoms with Gasteiger partial charge in [-0.2, -0.15) is 5.10 Å². The van der Waals surface area contributed by atoms with Gasteiger partial charge < -0.3 is 25.5 Å². The number of carboxylic acids is 3. The Morgan fingerprint density at radius 2 is 1.69 bits per heavy atom. The number of aliphatic carboxylic acids is 3. The fourth-order valence-electron chi connectivity index (χ4n) is 3.62. The third kappa shape index (κ3) is 9.26. The molecule has 0 unspecified atom stereocenters. The van der Waals surface area contributed by atoms with Gasteiger partial charge in [0.2, 0.25) is 0 Å². The van der Waals surface area contributed by atoms with E-state index in [4.69, 9.17) is 26.9 Å². The van der Waals surface area contributed by atoms with E-state index < -0.39 is 17.9 Å². The molecule has 1 aliphatic rings. The molecule has 0 saturated heterocycles. The number of fused-ring (bicyclic) bond motifs is 2. The quantitative estimate of drug-likeness (QED) is 0.283. The molecule has 0 amide bonds. The van der Waals surface area contributed by atoms with Gasteiger partial charge in [0.15, 0.2) is 0 Å². The molecule has 0 spiro atoms. The van der Waals surface area contributed by atoms with E-state index >= 15 is 0 Å². The van der Waals surface area contributed by atoms with Crippen molar-refractivity contribution in [3.05, 3.63) is 64.8 Å². The Morgan fingerprint density at radius 1 is 1.03 bits per heavy atom. The summed E-state index contributed by atoms with van der Waals surface area (Å²) in [6.45, 7) is 2.30. The second-order valence-corrected chi connectivity index (χ2v) is 8.14.